The summed E-state index contributed by atoms with van der Waals surface area (Å²) >= 11 is 0. The molecule has 28 heavy (non-hydrogen) atoms. The smallest absolute Gasteiger partial charge is 0.416 e. The van der Waals surface area contributed by atoms with E-state index in [4.69, 9.17) is 9.57 Å². The fourth-order valence-corrected chi connectivity index (χ4v) is 2.48. The van der Waals surface area contributed by atoms with Crippen LogP contribution in [-0.2, 0) is 17.6 Å². The largest absolute Gasteiger partial charge is 0.497 e. The standard InChI is InChI=1S/C21H17F3N2O2/c1-27-19-4-2-3-16(11-19)14-28-26-13-15-5-7-17(8-6-15)20-12-18(9-10-25-20)21(22,23)24/h2-13H,14H2,1H3/b26-13+. The van der Waals surface area contributed by atoms with E-state index in [2.05, 4.69) is 10.1 Å². The maximum Gasteiger partial charge on any atom is 0.416 e. The molecule has 0 aliphatic carbocycles. The zero-order chi connectivity index (χ0) is 20.0. The summed E-state index contributed by atoms with van der Waals surface area (Å²) in [5.41, 5.74) is 1.78. The Morgan fingerprint density at radius 3 is 2.54 bits per heavy atom. The quantitative estimate of drug-likeness (QED) is 0.425. The molecule has 1 heterocycles. The fraction of sp³-hybridized carbons (Fsp3) is 0.143. The van der Waals surface area contributed by atoms with Gasteiger partial charge in [0, 0.05) is 11.8 Å². The first-order chi connectivity index (χ1) is 13.5. The summed E-state index contributed by atoms with van der Waals surface area (Å²) < 4.78 is 43.6. The summed E-state index contributed by atoms with van der Waals surface area (Å²) in [7, 11) is 1.59. The first kappa shape index (κ1) is 19.4. The van der Waals surface area contributed by atoms with Crippen LogP contribution in [0.15, 0.2) is 72.0 Å². The number of pyridine rings is 1. The zero-order valence-electron chi connectivity index (χ0n) is 15.0. The van der Waals surface area contributed by atoms with Gasteiger partial charge in [-0.15, -0.1) is 0 Å². The van der Waals surface area contributed by atoms with Gasteiger partial charge in [0.1, 0.15) is 12.4 Å². The van der Waals surface area contributed by atoms with E-state index in [0.717, 1.165) is 35.2 Å². The summed E-state index contributed by atoms with van der Waals surface area (Å²) in [6.45, 7) is 0.292. The average Bonchev–Trinajstić information content (AvgIpc) is 2.71. The van der Waals surface area contributed by atoms with Crippen LogP contribution in [0.5, 0.6) is 5.75 Å². The lowest BCUT2D eigenvalue weighted by atomic mass is 10.1. The number of alkyl halides is 3. The van der Waals surface area contributed by atoms with Crippen molar-refractivity contribution < 1.29 is 22.7 Å². The molecule has 0 bridgehead atoms. The van der Waals surface area contributed by atoms with Crippen LogP contribution >= 0.6 is 0 Å². The number of aromatic nitrogens is 1. The predicted octanol–water partition coefficient (Wildman–Crippen LogP) is 5.33. The molecule has 0 atom stereocenters. The average molecular weight is 386 g/mol. The molecule has 0 aliphatic rings. The molecule has 7 heteroatoms. The molecule has 144 valence electrons. The van der Waals surface area contributed by atoms with Crippen molar-refractivity contribution in [2.45, 2.75) is 12.8 Å². The van der Waals surface area contributed by atoms with Gasteiger partial charge in [-0.05, 0) is 35.4 Å². The Kier molecular flexibility index (Phi) is 5.93. The van der Waals surface area contributed by atoms with Crippen LogP contribution < -0.4 is 4.74 Å². The SMILES string of the molecule is COc1cccc(CO/N=C/c2ccc(-c3cc(C(F)(F)F)ccn3)cc2)c1. The van der Waals surface area contributed by atoms with Crippen LogP contribution in [0.1, 0.15) is 16.7 Å². The number of ether oxygens (including phenoxy) is 1. The lowest BCUT2D eigenvalue weighted by molar-refractivity contribution is -0.137. The van der Waals surface area contributed by atoms with Gasteiger partial charge in [-0.25, -0.2) is 0 Å². The van der Waals surface area contributed by atoms with Gasteiger partial charge in [-0.3, -0.25) is 4.98 Å². The number of oxime groups is 1. The van der Waals surface area contributed by atoms with Crippen molar-refractivity contribution in [2.75, 3.05) is 7.11 Å². The zero-order valence-corrected chi connectivity index (χ0v) is 15.0. The highest BCUT2D eigenvalue weighted by molar-refractivity contribution is 5.80. The minimum atomic E-state index is -4.40. The van der Waals surface area contributed by atoms with E-state index in [1.807, 2.05) is 24.3 Å². The lowest BCUT2D eigenvalue weighted by Gasteiger charge is -2.08. The van der Waals surface area contributed by atoms with Gasteiger partial charge >= 0.3 is 6.18 Å². The number of hydrogen-bond acceptors (Lipinski definition) is 4. The van der Waals surface area contributed by atoms with E-state index in [-0.39, 0.29) is 5.69 Å². The van der Waals surface area contributed by atoms with Gasteiger partial charge in [0.15, 0.2) is 0 Å². The fourth-order valence-electron chi connectivity index (χ4n) is 2.48. The monoisotopic (exact) mass is 386 g/mol. The molecule has 1 aromatic heterocycles. The van der Waals surface area contributed by atoms with Crippen LogP contribution in [0, 0.1) is 0 Å². The number of halogens is 3. The van der Waals surface area contributed by atoms with Crippen LogP contribution in [0.3, 0.4) is 0 Å². The minimum absolute atomic E-state index is 0.257. The first-order valence-electron chi connectivity index (χ1n) is 8.37. The van der Waals surface area contributed by atoms with Crippen molar-refractivity contribution >= 4 is 6.21 Å². The third kappa shape index (κ3) is 5.09. The maximum atomic E-state index is 12.8. The summed E-state index contributed by atoms with van der Waals surface area (Å²) in [6.07, 6.45) is -1.71. The van der Waals surface area contributed by atoms with Crippen LogP contribution in [0.2, 0.25) is 0 Å². The Labute approximate surface area is 160 Å². The van der Waals surface area contributed by atoms with Gasteiger partial charge in [0.2, 0.25) is 0 Å². The minimum Gasteiger partial charge on any atom is -0.497 e. The van der Waals surface area contributed by atoms with Gasteiger partial charge in [-0.1, -0.05) is 41.6 Å². The molecule has 0 unspecified atom stereocenters. The first-order valence-corrected chi connectivity index (χ1v) is 8.37. The van der Waals surface area contributed by atoms with Crippen molar-refractivity contribution in [3.05, 3.63) is 83.6 Å². The van der Waals surface area contributed by atoms with Crippen LogP contribution in [-0.4, -0.2) is 18.3 Å². The summed E-state index contributed by atoms with van der Waals surface area (Å²) in [6, 6.07) is 16.3. The molecule has 0 saturated carbocycles. The van der Waals surface area contributed by atoms with Crippen molar-refractivity contribution in [1.82, 2.24) is 4.98 Å². The second kappa shape index (κ2) is 8.56. The Morgan fingerprint density at radius 2 is 1.82 bits per heavy atom. The number of benzene rings is 2. The highest BCUT2D eigenvalue weighted by Crippen LogP contribution is 2.31. The topological polar surface area (TPSA) is 43.7 Å². The molecule has 4 nitrogen and oxygen atoms in total. The van der Waals surface area contributed by atoms with Crippen molar-refractivity contribution in [3.8, 4) is 17.0 Å². The Hall–Kier alpha value is -3.35. The third-order valence-corrected chi connectivity index (χ3v) is 3.94. The number of rotatable bonds is 6. The van der Waals surface area contributed by atoms with Crippen molar-refractivity contribution in [3.63, 3.8) is 0 Å². The molecule has 0 saturated heterocycles. The second-order valence-electron chi connectivity index (χ2n) is 5.91. The molecule has 0 aliphatic heterocycles. The van der Waals surface area contributed by atoms with Gasteiger partial charge in [0.25, 0.3) is 0 Å². The van der Waals surface area contributed by atoms with Crippen LogP contribution in [0.25, 0.3) is 11.3 Å². The molecule has 0 N–H and O–H groups in total. The third-order valence-electron chi connectivity index (χ3n) is 3.94. The van der Waals surface area contributed by atoms with E-state index in [9.17, 15) is 13.2 Å². The summed E-state index contributed by atoms with van der Waals surface area (Å²) in [4.78, 5) is 9.28. The highest BCUT2D eigenvalue weighted by Gasteiger charge is 2.30. The molecule has 0 amide bonds. The van der Waals surface area contributed by atoms with E-state index in [1.54, 1.807) is 31.4 Å². The Balaban J connectivity index is 1.62. The van der Waals surface area contributed by atoms with Crippen LogP contribution in [0.4, 0.5) is 13.2 Å². The highest BCUT2D eigenvalue weighted by atomic mass is 19.4. The van der Waals surface area contributed by atoms with Gasteiger partial charge in [-0.2, -0.15) is 13.2 Å². The molecule has 2 aromatic carbocycles. The van der Waals surface area contributed by atoms with E-state index in [1.165, 1.54) is 6.21 Å². The molecule has 0 spiro atoms. The number of hydrogen-bond donors (Lipinski definition) is 0. The molecule has 3 rings (SSSR count). The van der Waals surface area contributed by atoms with E-state index in [0.29, 0.717) is 12.2 Å². The Morgan fingerprint density at radius 1 is 1.04 bits per heavy atom. The summed E-state index contributed by atoms with van der Waals surface area (Å²) in [5, 5.41) is 3.91. The van der Waals surface area contributed by atoms with E-state index >= 15 is 0 Å². The molecular formula is C21H17F3N2O2. The predicted molar refractivity (Wildman–Crippen MR) is 100 cm³/mol. The Bertz CT molecular complexity index is 954. The normalized spacial score (nSPS) is 11.6. The van der Waals surface area contributed by atoms with Crippen molar-refractivity contribution in [1.29, 1.82) is 0 Å². The maximum absolute atomic E-state index is 12.8. The van der Waals surface area contributed by atoms with E-state index < -0.39 is 11.7 Å². The van der Waals surface area contributed by atoms with Crippen molar-refractivity contribution in [2.24, 2.45) is 5.16 Å². The lowest BCUT2D eigenvalue weighted by Crippen LogP contribution is -2.05. The number of methoxy groups -OCH3 is 1. The molecule has 0 fully saturated rings. The number of nitrogens with zero attached hydrogens (tertiary/aromatic N) is 2. The molecule has 3 aromatic rings. The van der Waals surface area contributed by atoms with Gasteiger partial charge < -0.3 is 9.57 Å². The molecule has 0 radical (unpaired) electrons. The van der Waals surface area contributed by atoms with Gasteiger partial charge in [0.05, 0.1) is 24.6 Å². The second-order valence-corrected chi connectivity index (χ2v) is 5.91. The molecular weight excluding hydrogens is 369 g/mol. The summed E-state index contributed by atoms with van der Waals surface area (Å²) in [5.74, 6) is 0.740.